The minimum Gasteiger partial charge on any atom is -0.471 e. The largest absolute Gasteiger partial charge is 0.471 e. The predicted molar refractivity (Wildman–Crippen MR) is 110 cm³/mol. The van der Waals surface area contributed by atoms with Crippen molar-refractivity contribution in [3.63, 3.8) is 0 Å². The molecule has 1 amide bonds. The summed E-state index contributed by atoms with van der Waals surface area (Å²) in [6, 6.07) is 8.42. The number of piperidine rings is 1. The summed E-state index contributed by atoms with van der Waals surface area (Å²) < 4.78 is 39.1. The molecule has 0 saturated carbocycles. The number of carbonyl (C=O) groups is 1. The molecule has 0 aliphatic carbocycles. The van der Waals surface area contributed by atoms with Crippen LogP contribution in [0.4, 0.5) is 8.78 Å². The molecule has 3 aromatic rings. The number of hydrogen-bond donors (Lipinski definition) is 1. The van der Waals surface area contributed by atoms with Crippen molar-refractivity contribution in [2.24, 2.45) is 7.05 Å². The van der Waals surface area contributed by atoms with E-state index >= 15 is 0 Å². The number of nitrogens with zero attached hydrogens (tertiary/aromatic N) is 4. The zero-order chi connectivity index (χ0) is 22.9. The minimum absolute atomic E-state index is 0.0157. The van der Waals surface area contributed by atoms with Gasteiger partial charge in [-0.1, -0.05) is 28.9 Å². The maximum atomic E-state index is 13.4. The maximum absolute atomic E-state index is 13.4. The smallest absolute Gasteiger partial charge is 0.272 e. The van der Waals surface area contributed by atoms with Gasteiger partial charge < -0.3 is 19.3 Å². The Balaban J connectivity index is 1.49. The molecule has 0 atom stereocenters. The van der Waals surface area contributed by atoms with E-state index in [9.17, 15) is 18.7 Å². The molecule has 1 N–H and O–H groups in total. The van der Waals surface area contributed by atoms with Gasteiger partial charge in [-0.15, -0.1) is 5.10 Å². The van der Waals surface area contributed by atoms with Crippen molar-refractivity contribution >= 4 is 17.5 Å². The summed E-state index contributed by atoms with van der Waals surface area (Å²) in [5.41, 5.74) is 1.99. The number of hydrogen-bond acceptors (Lipinski definition) is 6. The molecule has 1 fully saturated rings. The number of aryl methyl sites for hydroxylation is 1. The van der Waals surface area contributed by atoms with Crippen LogP contribution in [0.1, 0.15) is 34.7 Å². The molecule has 0 radical (unpaired) electrons. The van der Waals surface area contributed by atoms with E-state index in [-0.39, 0.29) is 62.4 Å². The third kappa shape index (κ3) is 4.61. The van der Waals surface area contributed by atoms with Crippen LogP contribution in [0.3, 0.4) is 0 Å². The fourth-order valence-electron chi connectivity index (χ4n) is 3.51. The molecule has 11 heteroatoms. The molecular formula is C21H21ClF2N4O4. The summed E-state index contributed by atoms with van der Waals surface area (Å²) in [6.07, 6.45) is -0.713. The number of aliphatic hydroxyl groups excluding tert-OH is 1. The molecule has 4 rings (SSSR count). The Morgan fingerprint density at radius 3 is 2.62 bits per heavy atom. The van der Waals surface area contributed by atoms with E-state index in [0.717, 1.165) is 5.56 Å². The lowest BCUT2D eigenvalue weighted by Crippen LogP contribution is -2.43. The van der Waals surface area contributed by atoms with Gasteiger partial charge in [-0.25, -0.2) is 8.78 Å². The van der Waals surface area contributed by atoms with Gasteiger partial charge in [0.05, 0.1) is 5.56 Å². The first-order valence-corrected chi connectivity index (χ1v) is 10.3. The van der Waals surface area contributed by atoms with Crippen LogP contribution in [0.5, 0.6) is 5.88 Å². The number of aromatic nitrogens is 3. The van der Waals surface area contributed by atoms with E-state index in [4.69, 9.17) is 20.9 Å². The molecule has 1 saturated heterocycles. The predicted octanol–water partition coefficient (Wildman–Crippen LogP) is 3.67. The third-order valence-electron chi connectivity index (χ3n) is 5.35. The van der Waals surface area contributed by atoms with Crippen LogP contribution in [-0.2, 0) is 20.3 Å². The highest BCUT2D eigenvalue weighted by Gasteiger charge is 2.36. The number of halogens is 3. The standard InChI is InChI=1S/C21H21ClF2N4O4/c1-27-16(20(30)28-8-6-21(23,24)7-9-28)10-18(25-27)31-12-15-17(11-29)32-26-19(15)13-2-4-14(22)5-3-13/h2-5,10,29H,6-9,11-12H2,1H3. The second-order valence-electron chi connectivity index (χ2n) is 7.53. The molecular weight excluding hydrogens is 446 g/mol. The van der Waals surface area contributed by atoms with Gasteiger partial charge in [-0.3, -0.25) is 9.48 Å². The van der Waals surface area contributed by atoms with E-state index in [1.165, 1.54) is 15.6 Å². The number of ether oxygens (including phenoxy) is 1. The minimum atomic E-state index is -2.73. The van der Waals surface area contributed by atoms with Crippen LogP contribution in [0.25, 0.3) is 11.3 Å². The molecule has 3 heterocycles. The van der Waals surface area contributed by atoms with Gasteiger partial charge >= 0.3 is 0 Å². The fourth-order valence-corrected chi connectivity index (χ4v) is 3.63. The van der Waals surface area contributed by atoms with Crippen LogP contribution < -0.4 is 4.74 Å². The Morgan fingerprint density at radius 2 is 1.97 bits per heavy atom. The number of benzene rings is 1. The molecule has 0 spiro atoms. The van der Waals surface area contributed by atoms with Crippen molar-refractivity contribution in [3.8, 4) is 17.1 Å². The van der Waals surface area contributed by atoms with Crippen LogP contribution in [0, 0.1) is 0 Å². The number of alkyl halides is 2. The molecule has 0 bridgehead atoms. The molecule has 1 aromatic carbocycles. The summed E-state index contributed by atoms with van der Waals surface area (Å²) in [7, 11) is 1.58. The number of amides is 1. The number of aliphatic hydroxyl groups is 1. The van der Waals surface area contributed by atoms with Crippen molar-refractivity contribution in [3.05, 3.63) is 52.4 Å². The van der Waals surface area contributed by atoms with E-state index in [1.54, 1.807) is 31.3 Å². The van der Waals surface area contributed by atoms with Crippen molar-refractivity contribution < 1.29 is 27.9 Å². The SMILES string of the molecule is Cn1nc(OCc2c(-c3ccc(Cl)cc3)noc2CO)cc1C(=O)N1CCC(F)(F)CC1. The number of carbonyl (C=O) groups excluding carboxylic acids is 1. The summed E-state index contributed by atoms with van der Waals surface area (Å²) in [6.45, 7) is -0.417. The first-order chi connectivity index (χ1) is 15.3. The topological polar surface area (TPSA) is 93.6 Å². The molecule has 32 heavy (non-hydrogen) atoms. The second kappa shape index (κ2) is 8.87. The molecule has 2 aromatic heterocycles. The van der Waals surface area contributed by atoms with Crippen molar-refractivity contribution in [2.45, 2.75) is 32.0 Å². The van der Waals surface area contributed by atoms with Gasteiger partial charge in [-0.2, -0.15) is 0 Å². The zero-order valence-corrected chi connectivity index (χ0v) is 18.0. The van der Waals surface area contributed by atoms with Gasteiger partial charge in [0.15, 0.2) is 5.76 Å². The Kier molecular flexibility index (Phi) is 6.16. The lowest BCUT2D eigenvalue weighted by Gasteiger charge is -2.31. The van der Waals surface area contributed by atoms with Gasteiger partial charge in [-0.05, 0) is 12.1 Å². The average molecular weight is 467 g/mol. The highest BCUT2D eigenvalue weighted by Crippen LogP contribution is 2.30. The van der Waals surface area contributed by atoms with E-state index in [2.05, 4.69) is 10.3 Å². The summed E-state index contributed by atoms with van der Waals surface area (Å²) in [5, 5.41) is 18.4. The summed E-state index contributed by atoms with van der Waals surface area (Å²) in [5.74, 6) is -2.70. The fraction of sp³-hybridized carbons (Fsp3) is 0.381. The first-order valence-electron chi connectivity index (χ1n) is 9.95. The highest BCUT2D eigenvalue weighted by molar-refractivity contribution is 6.30. The van der Waals surface area contributed by atoms with E-state index in [0.29, 0.717) is 16.3 Å². The second-order valence-corrected chi connectivity index (χ2v) is 7.96. The normalized spacial score (nSPS) is 15.7. The van der Waals surface area contributed by atoms with Gasteiger partial charge in [0.25, 0.3) is 11.8 Å². The lowest BCUT2D eigenvalue weighted by atomic mass is 10.1. The van der Waals surface area contributed by atoms with Crippen molar-refractivity contribution in [1.29, 1.82) is 0 Å². The quantitative estimate of drug-likeness (QED) is 0.595. The Labute approximate surface area is 187 Å². The van der Waals surface area contributed by atoms with Crippen LogP contribution >= 0.6 is 11.6 Å². The molecule has 170 valence electrons. The van der Waals surface area contributed by atoms with Crippen LogP contribution in [0.15, 0.2) is 34.9 Å². The van der Waals surface area contributed by atoms with Crippen molar-refractivity contribution in [2.75, 3.05) is 13.1 Å². The Morgan fingerprint density at radius 1 is 1.28 bits per heavy atom. The third-order valence-corrected chi connectivity index (χ3v) is 5.61. The van der Waals surface area contributed by atoms with Crippen molar-refractivity contribution in [1.82, 2.24) is 19.8 Å². The van der Waals surface area contributed by atoms with Gasteiger partial charge in [0.2, 0.25) is 5.88 Å². The molecule has 1 aliphatic rings. The average Bonchev–Trinajstić information content (AvgIpc) is 3.35. The summed E-state index contributed by atoms with van der Waals surface area (Å²) >= 11 is 5.94. The highest BCUT2D eigenvalue weighted by atomic mass is 35.5. The first kappa shape index (κ1) is 22.2. The van der Waals surface area contributed by atoms with Gasteiger partial charge in [0, 0.05) is 49.6 Å². The zero-order valence-electron chi connectivity index (χ0n) is 17.2. The number of rotatable bonds is 6. The van der Waals surface area contributed by atoms with Gasteiger partial charge in [0.1, 0.15) is 24.6 Å². The number of likely N-dealkylation sites (tertiary alicyclic amines) is 1. The van der Waals surface area contributed by atoms with Crippen LogP contribution in [0.2, 0.25) is 5.02 Å². The monoisotopic (exact) mass is 466 g/mol. The maximum Gasteiger partial charge on any atom is 0.272 e. The van der Waals surface area contributed by atoms with Crippen LogP contribution in [-0.4, -0.2) is 49.9 Å². The molecule has 8 nitrogen and oxygen atoms in total. The molecule has 0 unspecified atom stereocenters. The lowest BCUT2D eigenvalue weighted by molar-refractivity contribution is -0.0495. The Hall–Kier alpha value is -2.98. The van der Waals surface area contributed by atoms with E-state index < -0.39 is 5.92 Å². The summed E-state index contributed by atoms with van der Waals surface area (Å²) in [4.78, 5) is 14.1. The Bertz CT molecular complexity index is 1100. The van der Waals surface area contributed by atoms with E-state index in [1.807, 2.05) is 0 Å². The molecule has 1 aliphatic heterocycles.